The summed E-state index contributed by atoms with van der Waals surface area (Å²) < 4.78 is 14.6. The highest BCUT2D eigenvalue weighted by Crippen LogP contribution is 2.35. The SMILES string of the molecule is CC1=NN(CCC(=O)N2CCC[C@H](c3nc(N(C)C)ncc3-c3ccccc3F)C2)CC1. The Balaban J connectivity index is 1.54. The molecule has 1 aromatic heterocycles. The summed E-state index contributed by atoms with van der Waals surface area (Å²) >= 11 is 0. The van der Waals surface area contributed by atoms with E-state index in [0.29, 0.717) is 36.6 Å². The second-order valence-electron chi connectivity index (χ2n) is 8.81. The molecule has 0 radical (unpaired) electrons. The van der Waals surface area contributed by atoms with Crippen molar-refractivity contribution in [3.05, 3.63) is 42.0 Å². The maximum Gasteiger partial charge on any atom is 0.225 e. The molecule has 2 aromatic rings. The number of hydrogen-bond acceptors (Lipinski definition) is 6. The molecule has 0 bridgehead atoms. The highest BCUT2D eigenvalue weighted by atomic mass is 19.1. The summed E-state index contributed by atoms with van der Waals surface area (Å²) in [5, 5.41) is 6.45. The van der Waals surface area contributed by atoms with Crippen molar-refractivity contribution in [2.24, 2.45) is 5.10 Å². The topological polar surface area (TPSA) is 64.9 Å². The summed E-state index contributed by atoms with van der Waals surface area (Å²) in [7, 11) is 3.78. The molecule has 3 heterocycles. The number of benzene rings is 1. The second kappa shape index (κ2) is 9.63. The number of anilines is 1. The molecule has 1 aromatic carbocycles. The smallest absolute Gasteiger partial charge is 0.225 e. The van der Waals surface area contributed by atoms with Crippen LogP contribution in [0.4, 0.5) is 10.3 Å². The first kappa shape index (κ1) is 22.2. The van der Waals surface area contributed by atoms with E-state index < -0.39 is 0 Å². The molecule has 2 aliphatic heterocycles. The van der Waals surface area contributed by atoms with Crippen molar-refractivity contribution in [2.75, 3.05) is 45.2 Å². The first-order chi connectivity index (χ1) is 15.4. The molecule has 2 aliphatic rings. The zero-order chi connectivity index (χ0) is 22.7. The standard InChI is InChI=1S/C24H31FN6O/c1-17-10-13-31(28-17)14-11-22(32)30-12-6-7-18(16-30)23-20(15-26-24(27-23)29(2)3)19-8-4-5-9-21(19)25/h4-5,8-9,15,18H,6-7,10-14,16H2,1-3H3/t18-/m0/s1. The molecule has 8 heteroatoms. The van der Waals surface area contributed by atoms with Crippen LogP contribution in [0.5, 0.6) is 0 Å². The molecule has 0 saturated carbocycles. The number of carbonyl (C=O) groups excluding carboxylic acids is 1. The van der Waals surface area contributed by atoms with Crippen molar-refractivity contribution in [2.45, 2.75) is 38.5 Å². The van der Waals surface area contributed by atoms with Gasteiger partial charge in [-0.3, -0.25) is 9.80 Å². The number of rotatable bonds is 6. The van der Waals surface area contributed by atoms with Crippen molar-refractivity contribution in [1.29, 1.82) is 0 Å². The number of carbonyl (C=O) groups is 1. The van der Waals surface area contributed by atoms with E-state index >= 15 is 0 Å². The zero-order valence-electron chi connectivity index (χ0n) is 19.1. The first-order valence-electron chi connectivity index (χ1n) is 11.3. The third-order valence-corrected chi connectivity index (χ3v) is 6.16. The minimum atomic E-state index is -0.292. The molecule has 1 fully saturated rings. The number of aromatic nitrogens is 2. The van der Waals surface area contributed by atoms with Gasteiger partial charge in [0, 0.05) is 82.1 Å². The van der Waals surface area contributed by atoms with Gasteiger partial charge in [-0.15, -0.1) is 0 Å². The van der Waals surface area contributed by atoms with E-state index in [-0.39, 0.29) is 17.6 Å². The zero-order valence-corrected chi connectivity index (χ0v) is 19.1. The van der Waals surface area contributed by atoms with Crippen LogP contribution in [0.2, 0.25) is 0 Å². The van der Waals surface area contributed by atoms with Gasteiger partial charge in [0.25, 0.3) is 0 Å². The maximum atomic E-state index is 14.6. The summed E-state index contributed by atoms with van der Waals surface area (Å²) in [4.78, 5) is 26.0. The number of hydrazone groups is 1. The summed E-state index contributed by atoms with van der Waals surface area (Å²) in [6.07, 6.45) is 4.95. The molecular weight excluding hydrogens is 407 g/mol. The Kier molecular flexibility index (Phi) is 6.67. The Morgan fingerprint density at radius 2 is 2.03 bits per heavy atom. The maximum absolute atomic E-state index is 14.6. The lowest BCUT2D eigenvalue weighted by molar-refractivity contribution is -0.132. The molecule has 4 rings (SSSR count). The number of halogens is 1. The van der Waals surface area contributed by atoms with Crippen LogP contribution in [0.25, 0.3) is 11.1 Å². The van der Waals surface area contributed by atoms with Crippen molar-refractivity contribution >= 4 is 17.6 Å². The van der Waals surface area contributed by atoms with Crippen molar-refractivity contribution in [3.63, 3.8) is 0 Å². The third kappa shape index (κ3) is 4.89. The van der Waals surface area contributed by atoms with Crippen LogP contribution in [0, 0.1) is 5.82 Å². The molecular formula is C24H31FN6O. The van der Waals surface area contributed by atoms with Crippen LogP contribution in [0.3, 0.4) is 0 Å². The summed E-state index contributed by atoms with van der Waals surface area (Å²) in [5.41, 5.74) is 3.14. The van der Waals surface area contributed by atoms with Crippen molar-refractivity contribution in [1.82, 2.24) is 19.9 Å². The highest BCUT2D eigenvalue weighted by Gasteiger charge is 2.29. The molecule has 1 saturated heterocycles. The fourth-order valence-corrected chi connectivity index (χ4v) is 4.40. The van der Waals surface area contributed by atoms with E-state index in [1.807, 2.05) is 41.9 Å². The Morgan fingerprint density at radius 3 is 2.75 bits per heavy atom. The Labute approximate surface area is 188 Å². The first-order valence-corrected chi connectivity index (χ1v) is 11.3. The monoisotopic (exact) mass is 438 g/mol. The molecule has 7 nitrogen and oxygen atoms in total. The van der Waals surface area contributed by atoms with Gasteiger partial charge in [0.15, 0.2) is 0 Å². The highest BCUT2D eigenvalue weighted by molar-refractivity contribution is 5.83. The predicted molar refractivity (Wildman–Crippen MR) is 124 cm³/mol. The molecule has 0 unspecified atom stereocenters. The number of piperidine rings is 1. The number of nitrogens with zero attached hydrogens (tertiary/aromatic N) is 6. The largest absolute Gasteiger partial charge is 0.347 e. The molecule has 170 valence electrons. The van der Waals surface area contributed by atoms with E-state index in [9.17, 15) is 9.18 Å². The van der Waals surface area contributed by atoms with Crippen LogP contribution in [0.1, 0.15) is 44.2 Å². The van der Waals surface area contributed by atoms with E-state index in [2.05, 4.69) is 10.1 Å². The molecule has 0 N–H and O–H groups in total. The summed E-state index contributed by atoms with van der Waals surface area (Å²) in [6, 6.07) is 6.72. The summed E-state index contributed by atoms with van der Waals surface area (Å²) in [6.45, 7) is 4.90. The van der Waals surface area contributed by atoms with Gasteiger partial charge in [-0.1, -0.05) is 18.2 Å². The fraction of sp³-hybridized carbons (Fsp3) is 0.500. The lowest BCUT2D eigenvalue weighted by Gasteiger charge is -2.34. The second-order valence-corrected chi connectivity index (χ2v) is 8.81. The normalized spacial score (nSPS) is 18.6. The Bertz CT molecular complexity index is 1010. The lowest BCUT2D eigenvalue weighted by Crippen LogP contribution is -2.40. The quantitative estimate of drug-likeness (QED) is 0.690. The number of hydrogen-bond donors (Lipinski definition) is 0. The Morgan fingerprint density at radius 1 is 1.22 bits per heavy atom. The van der Waals surface area contributed by atoms with Gasteiger partial charge in [-0.25, -0.2) is 14.4 Å². The minimum Gasteiger partial charge on any atom is -0.347 e. The van der Waals surface area contributed by atoms with Crippen molar-refractivity contribution < 1.29 is 9.18 Å². The summed E-state index contributed by atoms with van der Waals surface area (Å²) in [5.74, 6) is 0.478. The van der Waals surface area contributed by atoms with Gasteiger partial charge in [0.1, 0.15) is 5.82 Å². The van der Waals surface area contributed by atoms with Gasteiger partial charge < -0.3 is 9.80 Å². The number of amides is 1. The van der Waals surface area contributed by atoms with Crippen LogP contribution in [-0.4, -0.2) is 71.8 Å². The van der Waals surface area contributed by atoms with E-state index in [1.165, 1.54) is 6.07 Å². The van der Waals surface area contributed by atoms with Gasteiger partial charge in [0.05, 0.1) is 5.69 Å². The van der Waals surface area contributed by atoms with Gasteiger partial charge in [0.2, 0.25) is 11.9 Å². The van der Waals surface area contributed by atoms with Crippen LogP contribution in [0.15, 0.2) is 35.6 Å². The minimum absolute atomic E-state index is 0.0380. The average Bonchev–Trinajstić information content (AvgIpc) is 3.22. The van der Waals surface area contributed by atoms with E-state index in [1.54, 1.807) is 18.3 Å². The lowest BCUT2D eigenvalue weighted by atomic mass is 9.89. The van der Waals surface area contributed by atoms with Crippen LogP contribution < -0.4 is 4.90 Å². The van der Waals surface area contributed by atoms with E-state index in [4.69, 9.17) is 4.98 Å². The van der Waals surface area contributed by atoms with Gasteiger partial charge in [-0.05, 0) is 25.8 Å². The molecule has 0 spiro atoms. The van der Waals surface area contributed by atoms with Gasteiger partial charge >= 0.3 is 0 Å². The van der Waals surface area contributed by atoms with E-state index in [0.717, 1.165) is 43.8 Å². The average molecular weight is 439 g/mol. The molecule has 0 aliphatic carbocycles. The third-order valence-electron chi connectivity index (χ3n) is 6.16. The van der Waals surface area contributed by atoms with Crippen LogP contribution in [-0.2, 0) is 4.79 Å². The molecule has 32 heavy (non-hydrogen) atoms. The van der Waals surface area contributed by atoms with Gasteiger partial charge in [-0.2, -0.15) is 5.10 Å². The molecule has 1 amide bonds. The predicted octanol–water partition coefficient (Wildman–Crippen LogP) is 3.53. The van der Waals surface area contributed by atoms with Crippen LogP contribution >= 0.6 is 0 Å². The molecule has 1 atom stereocenters. The number of likely N-dealkylation sites (tertiary alicyclic amines) is 1. The Hall–Kier alpha value is -3.03. The van der Waals surface area contributed by atoms with Crippen molar-refractivity contribution in [3.8, 4) is 11.1 Å². The fourth-order valence-electron chi connectivity index (χ4n) is 4.40.